The number of carbonyl (C=O) groups excluding carboxylic acids is 1. The zero-order chi connectivity index (χ0) is 20.1. The second-order valence-corrected chi connectivity index (χ2v) is 8.08. The monoisotopic (exact) mass is 392 g/mol. The van der Waals surface area contributed by atoms with Gasteiger partial charge < -0.3 is 9.88 Å². The van der Waals surface area contributed by atoms with Crippen LogP contribution in [0.25, 0.3) is 22.0 Å². The molecule has 3 aromatic rings. The largest absolute Gasteiger partial charge is 0.310 e. The molecule has 0 saturated heterocycles. The summed E-state index contributed by atoms with van der Waals surface area (Å²) in [4.78, 5) is 33.9. The van der Waals surface area contributed by atoms with Gasteiger partial charge in [-0.25, -0.2) is 9.37 Å². The standard InChI is InChI=1S/C22H21FN4O2/c1-12-4-5-24-10-17(12)15-6-14-9-25-20(26-21(28)16-7-18(16)23)8-19(14)27(22(15)29)11-13-2-3-13/h4-6,8-10,13,16,18H,2-3,7,11H2,1H3,(H,25,26,28)/t16-,18-/m0/s1. The summed E-state index contributed by atoms with van der Waals surface area (Å²) >= 11 is 0. The third kappa shape index (κ3) is 3.41. The molecule has 0 spiro atoms. The molecular weight excluding hydrogens is 371 g/mol. The number of amides is 1. The van der Waals surface area contributed by atoms with Crippen LogP contribution in [0.1, 0.15) is 24.8 Å². The van der Waals surface area contributed by atoms with Crippen LogP contribution < -0.4 is 10.9 Å². The van der Waals surface area contributed by atoms with Gasteiger partial charge in [-0.3, -0.25) is 14.6 Å². The Bertz CT molecular complexity index is 1190. The van der Waals surface area contributed by atoms with Gasteiger partial charge in [0.05, 0.1) is 11.4 Å². The van der Waals surface area contributed by atoms with Crippen molar-refractivity contribution in [1.82, 2.24) is 14.5 Å². The molecule has 1 amide bonds. The molecule has 2 atom stereocenters. The maximum Gasteiger partial charge on any atom is 0.258 e. The van der Waals surface area contributed by atoms with Gasteiger partial charge in [-0.15, -0.1) is 0 Å². The van der Waals surface area contributed by atoms with Crippen LogP contribution in [0.15, 0.2) is 41.6 Å². The Morgan fingerprint density at radius 3 is 2.76 bits per heavy atom. The van der Waals surface area contributed by atoms with E-state index in [0.29, 0.717) is 23.8 Å². The van der Waals surface area contributed by atoms with Crippen LogP contribution in [0, 0.1) is 18.8 Å². The first-order valence-electron chi connectivity index (χ1n) is 9.91. The zero-order valence-electron chi connectivity index (χ0n) is 16.1. The Labute approximate surface area is 166 Å². The van der Waals surface area contributed by atoms with Crippen molar-refractivity contribution in [2.45, 2.75) is 38.9 Å². The average molecular weight is 392 g/mol. The molecule has 6 nitrogen and oxygen atoms in total. The van der Waals surface area contributed by atoms with Crippen LogP contribution in [0.5, 0.6) is 0 Å². The van der Waals surface area contributed by atoms with Crippen LogP contribution in [0.4, 0.5) is 10.2 Å². The molecule has 5 rings (SSSR count). The quantitative estimate of drug-likeness (QED) is 0.721. The highest BCUT2D eigenvalue weighted by Gasteiger charge is 2.43. The van der Waals surface area contributed by atoms with Gasteiger partial charge in [0.15, 0.2) is 0 Å². The van der Waals surface area contributed by atoms with E-state index in [9.17, 15) is 14.0 Å². The number of rotatable bonds is 5. The van der Waals surface area contributed by atoms with Crippen LogP contribution >= 0.6 is 0 Å². The Morgan fingerprint density at radius 2 is 2.07 bits per heavy atom. The third-order valence-corrected chi connectivity index (χ3v) is 5.75. The lowest BCUT2D eigenvalue weighted by Gasteiger charge is -2.15. The number of fused-ring (bicyclic) bond motifs is 1. The first kappa shape index (κ1) is 18.0. The fourth-order valence-electron chi connectivity index (χ4n) is 3.67. The Hall–Kier alpha value is -3.09. The van der Waals surface area contributed by atoms with Gasteiger partial charge in [-0.05, 0) is 49.8 Å². The molecule has 0 bridgehead atoms. The summed E-state index contributed by atoms with van der Waals surface area (Å²) in [6, 6.07) is 5.44. The molecule has 2 fully saturated rings. The fourth-order valence-corrected chi connectivity index (χ4v) is 3.67. The van der Waals surface area contributed by atoms with Crippen LogP contribution in [-0.2, 0) is 11.3 Å². The number of aromatic nitrogens is 3. The highest BCUT2D eigenvalue weighted by atomic mass is 19.1. The van der Waals surface area contributed by atoms with Crippen molar-refractivity contribution < 1.29 is 9.18 Å². The first-order valence-corrected chi connectivity index (χ1v) is 9.91. The molecule has 2 aliphatic carbocycles. The molecule has 3 heterocycles. The Balaban J connectivity index is 1.61. The lowest BCUT2D eigenvalue weighted by Crippen LogP contribution is -2.24. The maximum absolute atomic E-state index is 13.4. The number of pyridine rings is 3. The second-order valence-electron chi connectivity index (χ2n) is 8.08. The number of alkyl halides is 1. The fraction of sp³-hybridized carbons (Fsp3) is 0.364. The summed E-state index contributed by atoms with van der Waals surface area (Å²) in [6.07, 6.45) is 6.50. The number of anilines is 1. The molecule has 0 aromatic carbocycles. The predicted octanol–water partition coefficient (Wildman–Crippen LogP) is 3.47. The van der Waals surface area contributed by atoms with Gasteiger partial charge in [0, 0.05) is 47.7 Å². The van der Waals surface area contributed by atoms with Crippen molar-refractivity contribution in [3.8, 4) is 11.1 Å². The average Bonchev–Trinajstić information content (AvgIpc) is 3.62. The molecule has 2 saturated carbocycles. The highest BCUT2D eigenvalue weighted by molar-refractivity contribution is 5.95. The Kier molecular flexibility index (Phi) is 4.19. The maximum atomic E-state index is 13.4. The van der Waals surface area contributed by atoms with Crippen molar-refractivity contribution in [2.75, 3.05) is 5.32 Å². The summed E-state index contributed by atoms with van der Waals surface area (Å²) < 4.78 is 14.9. The summed E-state index contributed by atoms with van der Waals surface area (Å²) in [5.74, 6) is -0.109. The number of nitrogens with zero attached hydrogens (tertiary/aromatic N) is 3. The number of aryl methyl sites for hydroxylation is 1. The van der Waals surface area contributed by atoms with Crippen molar-refractivity contribution >= 4 is 22.6 Å². The highest BCUT2D eigenvalue weighted by Crippen LogP contribution is 2.35. The smallest absolute Gasteiger partial charge is 0.258 e. The van der Waals surface area contributed by atoms with Gasteiger partial charge >= 0.3 is 0 Å². The summed E-state index contributed by atoms with van der Waals surface area (Å²) in [5, 5.41) is 3.50. The van der Waals surface area contributed by atoms with E-state index >= 15 is 0 Å². The van der Waals surface area contributed by atoms with Crippen molar-refractivity contribution in [3.63, 3.8) is 0 Å². The topological polar surface area (TPSA) is 76.9 Å². The number of carbonyl (C=O) groups is 1. The molecule has 0 unspecified atom stereocenters. The molecule has 0 aliphatic heterocycles. The van der Waals surface area contributed by atoms with Crippen LogP contribution in [-0.4, -0.2) is 26.6 Å². The van der Waals surface area contributed by atoms with Crippen molar-refractivity contribution in [3.05, 3.63) is 52.7 Å². The number of hydrogen-bond donors (Lipinski definition) is 1. The van der Waals surface area contributed by atoms with E-state index in [0.717, 1.165) is 34.9 Å². The molecule has 148 valence electrons. The van der Waals surface area contributed by atoms with Gasteiger partial charge in [0.1, 0.15) is 12.0 Å². The Morgan fingerprint density at radius 1 is 1.28 bits per heavy atom. The number of hydrogen-bond acceptors (Lipinski definition) is 4. The molecular formula is C22H21FN4O2. The summed E-state index contributed by atoms with van der Waals surface area (Å²) in [6.45, 7) is 2.59. The minimum absolute atomic E-state index is 0.0741. The van der Waals surface area contributed by atoms with Gasteiger partial charge in [-0.1, -0.05) is 0 Å². The minimum Gasteiger partial charge on any atom is -0.310 e. The van der Waals surface area contributed by atoms with Gasteiger partial charge in [0.2, 0.25) is 5.91 Å². The van der Waals surface area contributed by atoms with E-state index in [1.165, 1.54) is 0 Å². The third-order valence-electron chi connectivity index (χ3n) is 5.75. The first-order chi connectivity index (χ1) is 14.0. The lowest BCUT2D eigenvalue weighted by molar-refractivity contribution is -0.117. The second kappa shape index (κ2) is 6.76. The predicted molar refractivity (Wildman–Crippen MR) is 108 cm³/mol. The SMILES string of the molecule is Cc1ccncc1-c1cc2cnc(NC(=O)[C@H]3C[C@@H]3F)cc2n(CC2CC2)c1=O. The van der Waals surface area contributed by atoms with E-state index in [-0.39, 0.29) is 17.9 Å². The number of halogens is 1. The number of nitrogens with one attached hydrogen (secondary N) is 1. The van der Waals surface area contributed by atoms with E-state index in [1.54, 1.807) is 29.2 Å². The summed E-state index contributed by atoms with van der Waals surface area (Å²) in [5.41, 5.74) is 3.04. The summed E-state index contributed by atoms with van der Waals surface area (Å²) in [7, 11) is 0. The zero-order valence-corrected chi connectivity index (χ0v) is 16.1. The lowest BCUT2D eigenvalue weighted by atomic mass is 10.0. The van der Waals surface area contributed by atoms with E-state index in [4.69, 9.17) is 0 Å². The van der Waals surface area contributed by atoms with E-state index < -0.39 is 12.1 Å². The molecule has 0 radical (unpaired) electrons. The molecule has 29 heavy (non-hydrogen) atoms. The van der Waals surface area contributed by atoms with E-state index in [1.807, 2.05) is 19.1 Å². The van der Waals surface area contributed by atoms with E-state index in [2.05, 4.69) is 15.3 Å². The molecule has 7 heteroatoms. The van der Waals surface area contributed by atoms with Crippen LogP contribution in [0.2, 0.25) is 0 Å². The minimum atomic E-state index is -1.06. The van der Waals surface area contributed by atoms with Gasteiger partial charge in [-0.2, -0.15) is 0 Å². The normalized spacial score (nSPS) is 20.6. The van der Waals surface area contributed by atoms with Crippen molar-refractivity contribution in [2.24, 2.45) is 11.8 Å². The molecule has 2 aliphatic rings. The van der Waals surface area contributed by atoms with Crippen molar-refractivity contribution in [1.29, 1.82) is 0 Å². The molecule has 1 N–H and O–H groups in total. The molecule has 3 aromatic heterocycles. The van der Waals surface area contributed by atoms with Crippen LogP contribution in [0.3, 0.4) is 0 Å². The van der Waals surface area contributed by atoms with Gasteiger partial charge in [0.25, 0.3) is 5.56 Å².